The monoisotopic (exact) mass is 182 g/mol. The van der Waals surface area contributed by atoms with Crippen molar-refractivity contribution in [3.05, 3.63) is 0 Å². The van der Waals surface area contributed by atoms with Crippen molar-refractivity contribution < 1.29 is 4.79 Å². The van der Waals surface area contributed by atoms with Crippen LogP contribution in [0.4, 0.5) is 0 Å². The van der Waals surface area contributed by atoms with Gasteiger partial charge in [-0.25, -0.2) is 0 Å². The van der Waals surface area contributed by atoms with Crippen LogP contribution in [0.25, 0.3) is 0 Å². The maximum atomic E-state index is 11.1. The molecule has 0 aromatic heterocycles. The maximum absolute atomic E-state index is 11.1. The van der Waals surface area contributed by atoms with Gasteiger partial charge in [-0.05, 0) is 37.0 Å². The van der Waals surface area contributed by atoms with E-state index in [0.717, 1.165) is 6.42 Å². The van der Waals surface area contributed by atoms with Crippen LogP contribution in [0.3, 0.4) is 0 Å². The molecular weight excluding hydrogens is 160 g/mol. The van der Waals surface area contributed by atoms with E-state index in [2.05, 4.69) is 20.8 Å². The Hall–Kier alpha value is -0.330. The highest BCUT2D eigenvalue weighted by Gasteiger charge is 2.36. The standard InChI is InChI=1S/C12H22O/c1-10(13)8-12(4)7-5-6-11(2,3)9-12/h5-9H2,1-4H3. The number of hydrogen-bond donors (Lipinski definition) is 0. The Morgan fingerprint density at radius 1 is 1.23 bits per heavy atom. The van der Waals surface area contributed by atoms with Crippen LogP contribution in [0.15, 0.2) is 0 Å². The number of carbonyl (C=O) groups excluding carboxylic acids is 1. The summed E-state index contributed by atoms with van der Waals surface area (Å²) in [5, 5.41) is 0. The van der Waals surface area contributed by atoms with E-state index in [9.17, 15) is 4.79 Å². The van der Waals surface area contributed by atoms with Gasteiger partial charge in [-0.15, -0.1) is 0 Å². The van der Waals surface area contributed by atoms with E-state index in [1.165, 1.54) is 25.7 Å². The van der Waals surface area contributed by atoms with Crippen LogP contribution in [0.2, 0.25) is 0 Å². The summed E-state index contributed by atoms with van der Waals surface area (Å²) >= 11 is 0. The second-order valence-electron chi connectivity index (χ2n) is 5.88. The zero-order valence-corrected chi connectivity index (χ0v) is 9.44. The van der Waals surface area contributed by atoms with E-state index >= 15 is 0 Å². The molecule has 1 fully saturated rings. The Bertz CT molecular complexity index is 205. The van der Waals surface area contributed by atoms with Crippen LogP contribution < -0.4 is 0 Å². The van der Waals surface area contributed by atoms with Crippen LogP contribution in [-0.2, 0) is 4.79 Å². The van der Waals surface area contributed by atoms with E-state index < -0.39 is 0 Å². The molecular formula is C12H22O. The van der Waals surface area contributed by atoms with Gasteiger partial charge in [-0.1, -0.05) is 27.2 Å². The normalized spacial score (nSPS) is 32.9. The lowest BCUT2D eigenvalue weighted by molar-refractivity contribution is -0.120. The molecule has 0 amide bonds. The van der Waals surface area contributed by atoms with Crippen molar-refractivity contribution in [3.8, 4) is 0 Å². The van der Waals surface area contributed by atoms with Crippen molar-refractivity contribution in [2.75, 3.05) is 0 Å². The predicted octanol–water partition coefficient (Wildman–Crippen LogP) is 3.57. The molecule has 1 heteroatoms. The Morgan fingerprint density at radius 3 is 2.31 bits per heavy atom. The van der Waals surface area contributed by atoms with E-state index in [0.29, 0.717) is 11.2 Å². The number of carbonyl (C=O) groups is 1. The fourth-order valence-electron chi connectivity index (χ4n) is 3.08. The first-order valence-electron chi connectivity index (χ1n) is 5.33. The molecule has 0 aromatic rings. The molecule has 0 N–H and O–H groups in total. The summed E-state index contributed by atoms with van der Waals surface area (Å²) in [5.41, 5.74) is 0.732. The fourth-order valence-corrected chi connectivity index (χ4v) is 3.08. The van der Waals surface area contributed by atoms with Gasteiger partial charge in [0.15, 0.2) is 0 Å². The SMILES string of the molecule is CC(=O)CC1(C)CCCC(C)(C)C1. The molecule has 0 saturated heterocycles. The Morgan fingerprint density at radius 2 is 1.85 bits per heavy atom. The van der Waals surface area contributed by atoms with Crippen LogP contribution in [0.5, 0.6) is 0 Å². The molecule has 1 aliphatic rings. The summed E-state index contributed by atoms with van der Waals surface area (Å²) < 4.78 is 0. The first-order chi connectivity index (χ1) is 5.83. The summed E-state index contributed by atoms with van der Waals surface area (Å²) in [6.45, 7) is 8.64. The molecule has 0 radical (unpaired) electrons. The third-order valence-corrected chi connectivity index (χ3v) is 3.21. The van der Waals surface area contributed by atoms with Crippen molar-refractivity contribution in [3.63, 3.8) is 0 Å². The van der Waals surface area contributed by atoms with Crippen LogP contribution in [-0.4, -0.2) is 5.78 Å². The molecule has 1 unspecified atom stereocenters. The molecule has 1 rings (SSSR count). The van der Waals surface area contributed by atoms with Crippen molar-refractivity contribution in [2.45, 2.75) is 59.8 Å². The minimum absolute atomic E-state index is 0.285. The van der Waals surface area contributed by atoms with E-state index in [1.54, 1.807) is 6.92 Å². The highest BCUT2D eigenvalue weighted by molar-refractivity contribution is 5.76. The summed E-state index contributed by atoms with van der Waals surface area (Å²) in [6, 6.07) is 0. The highest BCUT2D eigenvalue weighted by atomic mass is 16.1. The van der Waals surface area contributed by atoms with Gasteiger partial charge >= 0.3 is 0 Å². The highest BCUT2D eigenvalue weighted by Crippen LogP contribution is 2.47. The number of Topliss-reactive ketones (excluding diaryl/α,β-unsaturated/α-hetero) is 1. The van der Waals surface area contributed by atoms with Gasteiger partial charge < -0.3 is 4.79 Å². The number of hydrogen-bond acceptors (Lipinski definition) is 1. The fraction of sp³-hybridized carbons (Fsp3) is 0.917. The van der Waals surface area contributed by atoms with Crippen molar-refractivity contribution in [2.24, 2.45) is 10.8 Å². The van der Waals surface area contributed by atoms with Gasteiger partial charge in [0.05, 0.1) is 0 Å². The summed E-state index contributed by atoms with van der Waals surface area (Å²) in [7, 11) is 0. The Labute approximate surface area is 81.9 Å². The minimum Gasteiger partial charge on any atom is -0.300 e. The Kier molecular flexibility index (Phi) is 2.84. The van der Waals surface area contributed by atoms with Gasteiger partial charge in [0, 0.05) is 6.42 Å². The van der Waals surface area contributed by atoms with E-state index in [4.69, 9.17) is 0 Å². The first-order valence-corrected chi connectivity index (χ1v) is 5.33. The average Bonchev–Trinajstić information content (AvgIpc) is 1.79. The zero-order chi connectivity index (χ0) is 10.1. The molecule has 1 nitrogen and oxygen atoms in total. The van der Waals surface area contributed by atoms with Crippen molar-refractivity contribution >= 4 is 5.78 Å². The van der Waals surface area contributed by atoms with E-state index in [-0.39, 0.29) is 5.41 Å². The second kappa shape index (κ2) is 3.43. The summed E-state index contributed by atoms with van der Waals surface area (Å²) in [6.07, 6.45) is 5.82. The van der Waals surface area contributed by atoms with Crippen molar-refractivity contribution in [1.82, 2.24) is 0 Å². The zero-order valence-electron chi connectivity index (χ0n) is 9.44. The molecule has 0 aromatic carbocycles. The summed E-state index contributed by atoms with van der Waals surface area (Å²) in [5.74, 6) is 0.347. The molecule has 1 aliphatic carbocycles. The van der Waals surface area contributed by atoms with Gasteiger partial charge in [0.25, 0.3) is 0 Å². The number of ketones is 1. The molecule has 0 aliphatic heterocycles. The van der Waals surface area contributed by atoms with E-state index in [1.807, 2.05) is 0 Å². The van der Waals surface area contributed by atoms with Gasteiger partial charge in [-0.2, -0.15) is 0 Å². The Balaban J connectivity index is 2.63. The van der Waals surface area contributed by atoms with Crippen molar-refractivity contribution in [1.29, 1.82) is 0 Å². The van der Waals surface area contributed by atoms with Crippen LogP contribution in [0, 0.1) is 10.8 Å². The predicted molar refractivity (Wildman–Crippen MR) is 55.7 cm³/mol. The van der Waals surface area contributed by atoms with Gasteiger partial charge in [0.2, 0.25) is 0 Å². The van der Waals surface area contributed by atoms with Gasteiger partial charge in [-0.3, -0.25) is 0 Å². The largest absolute Gasteiger partial charge is 0.300 e. The molecule has 0 bridgehead atoms. The smallest absolute Gasteiger partial charge is 0.130 e. The molecule has 0 heterocycles. The molecule has 1 saturated carbocycles. The molecule has 76 valence electrons. The minimum atomic E-state index is 0.285. The second-order valence-corrected chi connectivity index (χ2v) is 5.88. The lowest BCUT2D eigenvalue weighted by Crippen LogP contribution is -2.32. The topological polar surface area (TPSA) is 17.1 Å². The summed E-state index contributed by atoms with van der Waals surface area (Å²) in [4.78, 5) is 11.1. The molecule has 0 spiro atoms. The van der Waals surface area contributed by atoms with Crippen LogP contribution >= 0.6 is 0 Å². The van der Waals surface area contributed by atoms with Gasteiger partial charge in [0.1, 0.15) is 5.78 Å². The third kappa shape index (κ3) is 3.13. The third-order valence-electron chi connectivity index (χ3n) is 3.21. The lowest BCUT2D eigenvalue weighted by Gasteiger charge is -2.42. The lowest BCUT2D eigenvalue weighted by atomic mass is 9.63. The molecule has 13 heavy (non-hydrogen) atoms. The average molecular weight is 182 g/mol. The number of rotatable bonds is 2. The first kappa shape index (κ1) is 10.7. The molecule has 1 atom stereocenters. The quantitative estimate of drug-likeness (QED) is 0.638. The van der Waals surface area contributed by atoms with Crippen LogP contribution in [0.1, 0.15) is 59.8 Å². The maximum Gasteiger partial charge on any atom is 0.130 e.